The number of nitrogens with one attached hydrogen (secondary N) is 1. The van der Waals surface area contributed by atoms with Crippen molar-refractivity contribution in [2.24, 2.45) is 5.92 Å². The van der Waals surface area contributed by atoms with Gasteiger partial charge in [-0.1, -0.05) is 6.42 Å². The van der Waals surface area contributed by atoms with Crippen molar-refractivity contribution in [1.82, 2.24) is 9.88 Å². The lowest BCUT2D eigenvalue weighted by Crippen LogP contribution is -2.37. The zero-order valence-electron chi connectivity index (χ0n) is 18.8. The fourth-order valence-corrected chi connectivity index (χ4v) is 4.72. The molecule has 4 rings (SSSR count). The first-order chi connectivity index (χ1) is 16.0. The summed E-state index contributed by atoms with van der Waals surface area (Å²) >= 11 is 0. The number of amides is 1. The van der Waals surface area contributed by atoms with Gasteiger partial charge in [0.05, 0.1) is 11.9 Å². The van der Waals surface area contributed by atoms with Crippen LogP contribution >= 0.6 is 0 Å². The van der Waals surface area contributed by atoms with Crippen molar-refractivity contribution in [2.75, 3.05) is 42.9 Å². The van der Waals surface area contributed by atoms with Gasteiger partial charge in [0.2, 0.25) is 0 Å². The normalized spacial score (nSPS) is 17.7. The first-order valence-electron chi connectivity index (χ1n) is 11.8. The molecule has 2 aliphatic rings. The number of likely N-dealkylation sites (tertiary alicyclic amines) is 1. The van der Waals surface area contributed by atoms with Crippen LogP contribution in [0.5, 0.6) is 0 Å². The van der Waals surface area contributed by atoms with E-state index >= 15 is 0 Å². The molecule has 1 aromatic heterocycles. The Morgan fingerprint density at radius 1 is 1.06 bits per heavy atom. The molecule has 2 aliphatic heterocycles. The SMILES string of the molecule is O=C(Nc1cnc(N2CCC(CCN3CCCCC3)CC2)c(C(=O)O)c1)c1ccc(F)cc1. The van der Waals surface area contributed by atoms with Gasteiger partial charge in [0.1, 0.15) is 17.2 Å². The van der Waals surface area contributed by atoms with Crippen molar-refractivity contribution in [3.05, 3.63) is 53.5 Å². The van der Waals surface area contributed by atoms with Crippen LogP contribution in [0.2, 0.25) is 0 Å². The third kappa shape index (κ3) is 6.07. The lowest BCUT2D eigenvalue weighted by molar-refractivity contribution is 0.0696. The van der Waals surface area contributed by atoms with Crippen molar-refractivity contribution >= 4 is 23.4 Å². The molecule has 2 aromatic rings. The van der Waals surface area contributed by atoms with E-state index in [4.69, 9.17) is 0 Å². The molecule has 2 N–H and O–H groups in total. The Morgan fingerprint density at radius 3 is 2.42 bits per heavy atom. The Morgan fingerprint density at radius 2 is 1.76 bits per heavy atom. The number of halogens is 1. The first-order valence-corrected chi connectivity index (χ1v) is 11.8. The number of pyridine rings is 1. The number of aromatic carboxylic acids is 1. The Labute approximate surface area is 193 Å². The van der Waals surface area contributed by atoms with Crippen molar-refractivity contribution < 1.29 is 19.1 Å². The number of hydrogen-bond acceptors (Lipinski definition) is 5. The van der Waals surface area contributed by atoms with Gasteiger partial charge < -0.3 is 20.2 Å². The summed E-state index contributed by atoms with van der Waals surface area (Å²) in [5.41, 5.74) is 0.643. The summed E-state index contributed by atoms with van der Waals surface area (Å²) in [5.74, 6) is -0.860. The second kappa shape index (κ2) is 10.7. The van der Waals surface area contributed by atoms with Gasteiger partial charge in [-0.3, -0.25) is 4.79 Å². The van der Waals surface area contributed by atoms with E-state index in [0.717, 1.165) is 32.5 Å². The molecule has 1 amide bonds. The second-order valence-electron chi connectivity index (χ2n) is 8.98. The van der Waals surface area contributed by atoms with Gasteiger partial charge in [-0.15, -0.1) is 0 Å². The molecule has 0 aliphatic carbocycles. The molecule has 0 atom stereocenters. The number of carbonyl (C=O) groups is 2. The predicted molar refractivity (Wildman–Crippen MR) is 125 cm³/mol. The average molecular weight is 455 g/mol. The Balaban J connectivity index is 1.36. The quantitative estimate of drug-likeness (QED) is 0.650. The topological polar surface area (TPSA) is 85.8 Å². The minimum absolute atomic E-state index is 0.0682. The third-order valence-corrected chi connectivity index (χ3v) is 6.68. The van der Waals surface area contributed by atoms with E-state index in [2.05, 4.69) is 15.2 Å². The van der Waals surface area contributed by atoms with Crippen LogP contribution in [-0.2, 0) is 0 Å². The molecular formula is C25H31FN4O3. The molecule has 2 fully saturated rings. The predicted octanol–water partition coefficient (Wildman–Crippen LogP) is 4.26. The van der Waals surface area contributed by atoms with E-state index in [0.29, 0.717) is 17.4 Å². The number of anilines is 2. The number of benzene rings is 1. The van der Waals surface area contributed by atoms with E-state index in [-0.39, 0.29) is 11.1 Å². The van der Waals surface area contributed by atoms with Crippen LogP contribution in [0.25, 0.3) is 0 Å². The first kappa shape index (κ1) is 23.2. The van der Waals surface area contributed by atoms with Crippen LogP contribution in [0.1, 0.15) is 59.2 Å². The lowest BCUT2D eigenvalue weighted by atomic mass is 9.93. The van der Waals surface area contributed by atoms with Crippen LogP contribution < -0.4 is 10.2 Å². The molecule has 3 heterocycles. The number of carboxylic acid groups (broad SMARTS) is 1. The van der Waals surface area contributed by atoms with Gasteiger partial charge in [-0.2, -0.15) is 0 Å². The van der Waals surface area contributed by atoms with Gasteiger partial charge >= 0.3 is 5.97 Å². The maximum absolute atomic E-state index is 13.1. The highest BCUT2D eigenvalue weighted by Gasteiger charge is 2.25. The molecule has 0 saturated carbocycles. The molecule has 8 heteroatoms. The van der Waals surface area contributed by atoms with Crippen LogP contribution in [0.4, 0.5) is 15.9 Å². The Kier molecular flexibility index (Phi) is 7.54. The third-order valence-electron chi connectivity index (χ3n) is 6.68. The maximum atomic E-state index is 13.1. The zero-order valence-corrected chi connectivity index (χ0v) is 18.8. The Hall–Kier alpha value is -3.00. The van der Waals surface area contributed by atoms with E-state index in [9.17, 15) is 19.1 Å². The fourth-order valence-electron chi connectivity index (χ4n) is 4.72. The van der Waals surface area contributed by atoms with E-state index < -0.39 is 17.7 Å². The minimum Gasteiger partial charge on any atom is -0.478 e. The molecule has 33 heavy (non-hydrogen) atoms. The van der Waals surface area contributed by atoms with Crippen molar-refractivity contribution in [1.29, 1.82) is 0 Å². The van der Waals surface area contributed by atoms with Crippen LogP contribution in [0, 0.1) is 11.7 Å². The number of piperidine rings is 2. The number of hydrogen-bond donors (Lipinski definition) is 2. The summed E-state index contributed by atoms with van der Waals surface area (Å²) in [6, 6.07) is 6.60. The molecule has 0 radical (unpaired) electrons. The van der Waals surface area contributed by atoms with E-state index in [1.54, 1.807) is 0 Å². The minimum atomic E-state index is -1.08. The standard InChI is InChI=1S/C25H31FN4O3/c26-20-6-4-19(5-7-20)24(31)28-21-16-22(25(32)33)23(27-17-21)30-14-9-18(10-15-30)8-13-29-11-2-1-3-12-29/h4-7,16-18H,1-3,8-15H2,(H,28,31)(H,32,33). The van der Waals surface area contributed by atoms with Gasteiger partial charge in [-0.25, -0.2) is 14.2 Å². The molecule has 176 valence electrons. The van der Waals surface area contributed by atoms with Crippen molar-refractivity contribution in [2.45, 2.75) is 38.5 Å². The second-order valence-corrected chi connectivity index (χ2v) is 8.98. The van der Waals surface area contributed by atoms with E-state index in [1.165, 1.54) is 75.3 Å². The number of nitrogens with zero attached hydrogens (tertiary/aromatic N) is 3. The zero-order chi connectivity index (χ0) is 23.2. The molecule has 0 bridgehead atoms. The summed E-state index contributed by atoms with van der Waals surface area (Å²) in [4.78, 5) is 33.3. The number of rotatable bonds is 7. The van der Waals surface area contributed by atoms with Crippen LogP contribution in [0.3, 0.4) is 0 Å². The van der Waals surface area contributed by atoms with Gasteiger partial charge in [0, 0.05) is 18.7 Å². The molecule has 0 spiro atoms. The largest absolute Gasteiger partial charge is 0.478 e. The number of aromatic nitrogens is 1. The number of carbonyl (C=O) groups excluding carboxylic acids is 1. The smallest absolute Gasteiger partial charge is 0.339 e. The molecular weight excluding hydrogens is 423 g/mol. The van der Waals surface area contributed by atoms with Gasteiger partial charge in [-0.05, 0) is 88.0 Å². The van der Waals surface area contributed by atoms with Crippen molar-refractivity contribution in [3.8, 4) is 0 Å². The maximum Gasteiger partial charge on any atom is 0.339 e. The highest BCUT2D eigenvalue weighted by atomic mass is 19.1. The molecule has 0 unspecified atom stereocenters. The summed E-state index contributed by atoms with van der Waals surface area (Å²) < 4.78 is 13.1. The van der Waals surface area contributed by atoms with Crippen LogP contribution in [-0.4, -0.2) is 59.6 Å². The van der Waals surface area contributed by atoms with Gasteiger partial charge in [0.15, 0.2) is 0 Å². The summed E-state index contributed by atoms with van der Waals surface area (Å²) in [5, 5.41) is 12.4. The number of carboxylic acids is 1. The lowest BCUT2D eigenvalue weighted by Gasteiger charge is -2.35. The summed E-state index contributed by atoms with van der Waals surface area (Å²) in [6.07, 6.45) is 8.69. The van der Waals surface area contributed by atoms with E-state index in [1.807, 2.05) is 4.90 Å². The van der Waals surface area contributed by atoms with Gasteiger partial charge in [0.25, 0.3) is 5.91 Å². The van der Waals surface area contributed by atoms with Crippen molar-refractivity contribution in [3.63, 3.8) is 0 Å². The fraction of sp³-hybridized carbons (Fsp3) is 0.480. The molecule has 2 saturated heterocycles. The highest BCUT2D eigenvalue weighted by Crippen LogP contribution is 2.28. The molecule has 7 nitrogen and oxygen atoms in total. The monoisotopic (exact) mass is 454 g/mol. The summed E-state index contributed by atoms with van der Waals surface area (Å²) in [6.45, 7) is 5.15. The average Bonchev–Trinajstić information content (AvgIpc) is 2.84. The Bertz CT molecular complexity index is 968. The summed E-state index contributed by atoms with van der Waals surface area (Å²) in [7, 11) is 0. The van der Waals surface area contributed by atoms with Crippen LogP contribution in [0.15, 0.2) is 36.5 Å². The molecule has 1 aromatic carbocycles. The highest BCUT2D eigenvalue weighted by molar-refractivity contribution is 6.05.